The third-order valence-electron chi connectivity index (χ3n) is 5.72. The maximum atomic E-state index is 13.5. The summed E-state index contributed by atoms with van der Waals surface area (Å²) in [5, 5.41) is 1.06. The number of hydrogen-bond acceptors (Lipinski definition) is 6. The molecule has 2 rings (SSSR count). The average Bonchev–Trinajstić information content (AvgIpc) is 2.85. The van der Waals surface area contributed by atoms with Crippen LogP contribution in [0.4, 0.5) is 0 Å². The van der Waals surface area contributed by atoms with Crippen molar-refractivity contribution in [3.8, 4) is 0 Å². The molecule has 206 valence electrons. The highest BCUT2D eigenvalue weighted by atomic mass is 32.2. The number of hydroxylamine groups is 1. The summed E-state index contributed by atoms with van der Waals surface area (Å²) in [5.74, 6) is -0.890. The number of carbonyl (C=O) groups is 2. The largest absolute Gasteiger partial charge is 0.350 e. The minimum absolute atomic E-state index is 0.0608. The summed E-state index contributed by atoms with van der Waals surface area (Å²) in [7, 11) is -3.93. The zero-order chi connectivity index (χ0) is 27.4. The number of ether oxygens (including phenoxy) is 1. The Balaban J connectivity index is 2.42. The summed E-state index contributed by atoms with van der Waals surface area (Å²) in [6.07, 6.45) is 7.13. The number of nitrogens with one attached hydrogen (secondary N) is 1. The monoisotopic (exact) mass is 535 g/mol. The lowest BCUT2D eigenvalue weighted by molar-refractivity contribution is -0.204. The van der Waals surface area contributed by atoms with E-state index in [1.807, 2.05) is 50.3 Å². The van der Waals surface area contributed by atoms with Gasteiger partial charge in [-0.15, -0.1) is 4.41 Å². The van der Waals surface area contributed by atoms with Gasteiger partial charge in [0.05, 0.1) is 12.8 Å². The third-order valence-corrected chi connectivity index (χ3v) is 6.79. The molecule has 0 aromatic heterocycles. The van der Waals surface area contributed by atoms with Gasteiger partial charge in [0.25, 0.3) is 5.91 Å². The SMILES string of the molecule is C=C(C)CN(N(C(=O)CCC(C)C)C(CC=Cc1ccccc1)C(=O)NO[C@H]1CCCCO1)S(C)(=O)=O. The fourth-order valence-corrected chi connectivity index (χ4v) is 4.75. The quantitative estimate of drug-likeness (QED) is 0.285. The van der Waals surface area contributed by atoms with Gasteiger partial charge in [-0.25, -0.2) is 23.7 Å². The van der Waals surface area contributed by atoms with Crippen LogP contribution in [0, 0.1) is 5.92 Å². The van der Waals surface area contributed by atoms with Crippen LogP contribution in [0.25, 0.3) is 6.08 Å². The van der Waals surface area contributed by atoms with E-state index in [1.54, 1.807) is 13.0 Å². The van der Waals surface area contributed by atoms with Gasteiger partial charge in [-0.05, 0) is 44.1 Å². The Hall–Kier alpha value is -2.53. The molecule has 0 radical (unpaired) electrons. The molecule has 1 aliphatic rings. The van der Waals surface area contributed by atoms with Crippen molar-refractivity contribution in [1.82, 2.24) is 14.9 Å². The zero-order valence-corrected chi connectivity index (χ0v) is 23.2. The van der Waals surface area contributed by atoms with Gasteiger partial charge in [-0.1, -0.05) is 68.5 Å². The summed E-state index contributed by atoms with van der Waals surface area (Å²) in [4.78, 5) is 32.5. The summed E-state index contributed by atoms with van der Waals surface area (Å²) in [6.45, 7) is 9.85. The molecule has 1 aliphatic heterocycles. The Bertz CT molecular complexity index is 1020. The van der Waals surface area contributed by atoms with Gasteiger partial charge in [0.2, 0.25) is 15.9 Å². The summed E-state index contributed by atoms with van der Waals surface area (Å²) < 4.78 is 32.2. The lowest BCUT2D eigenvalue weighted by Crippen LogP contribution is -2.59. The van der Waals surface area contributed by atoms with E-state index < -0.39 is 34.2 Å². The number of sulfonamides is 1. The molecule has 0 saturated carbocycles. The topological polar surface area (TPSA) is 105 Å². The second-order valence-electron chi connectivity index (χ2n) is 9.82. The average molecular weight is 536 g/mol. The Morgan fingerprint density at radius 1 is 1.24 bits per heavy atom. The molecule has 1 aromatic carbocycles. The van der Waals surface area contributed by atoms with Gasteiger partial charge in [0.1, 0.15) is 6.04 Å². The van der Waals surface area contributed by atoms with Crippen molar-refractivity contribution in [2.75, 3.05) is 19.4 Å². The van der Waals surface area contributed by atoms with E-state index in [0.717, 1.165) is 34.1 Å². The predicted molar refractivity (Wildman–Crippen MR) is 144 cm³/mol. The zero-order valence-electron chi connectivity index (χ0n) is 22.4. The van der Waals surface area contributed by atoms with Crippen LogP contribution in [0.5, 0.6) is 0 Å². The van der Waals surface area contributed by atoms with Crippen LogP contribution in [-0.4, -0.2) is 61.4 Å². The molecule has 10 heteroatoms. The van der Waals surface area contributed by atoms with E-state index in [9.17, 15) is 18.0 Å². The van der Waals surface area contributed by atoms with Crippen LogP contribution in [0.3, 0.4) is 0 Å². The van der Waals surface area contributed by atoms with Crippen LogP contribution in [0.15, 0.2) is 48.6 Å². The Morgan fingerprint density at radius 2 is 1.95 bits per heavy atom. The molecule has 0 bridgehead atoms. The first-order chi connectivity index (χ1) is 17.5. The van der Waals surface area contributed by atoms with E-state index in [0.29, 0.717) is 25.0 Å². The molecule has 0 aliphatic carbocycles. The molecule has 2 amide bonds. The molecular formula is C27H41N3O6S. The second-order valence-corrected chi connectivity index (χ2v) is 11.7. The van der Waals surface area contributed by atoms with Crippen molar-refractivity contribution in [3.05, 3.63) is 54.1 Å². The molecule has 1 N–H and O–H groups in total. The highest BCUT2D eigenvalue weighted by Gasteiger charge is 2.38. The van der Waals surface area contributed by atoms with Gasteiger partial charge in [-0.3, -0.25) is 9.59 Å². The Labute approximate surface area is 221 Å². The third kappa shape index (κ3) is 10.8. The molecule has 1 fully saturated rings. The van der Waals surface area contributed by atoms with Crippen LogP contribution >= 0.6 is 0 Å². The minimum atomic E-state index is -3.93. The van der Waals surface area contributed by atoms with Gasteiger partial charge >= 0.3 is 0 Å². The fourth-order valence-electron chi connectivity index (χ4n) is 3.78. The molecule has 0 spiro atoms. The molecule has 37 heavy (non-hydrogen) atoms. The number of rotatable bonds is 14. The molecule has 1 aromatic rings. The van der Waals surface area contributed by atoms with Gasteiger partial charge in [-0.2, -0.15) is 0 Å². The molecular weight excluding hydrogens is 494 g/mol. The maximum Gasteiger partial charge on any atom is 0.268 e. The normalized spacial score (nSPS) is 17.2. The van der Waals surface area contributed by atoms with E-state index in [2.05, 4.69) is 12.1 Å². The van der Waals surface area contributed by atoms with Crippen LogP contribution in [0.2, 0.25) is 0 Å². The number of hydrazine groups is 1. The molecule has 1 heterocycles. The van der Waals surface area contributed by atoms with E-state index in [-0.39, 0.29) is 25.3 Å². The van der Waals surface area contributed by atoms with Gasteiger partial charge in [0, 0.05) is 19.4 Å². The number of hydrogen-bond donors (Lipinski definition) is 1. The standard InChI is InChI=1S/C27H41N3O6S/c1-21(2)17-18-25(31)30(29(20-22(3)4)37(5,33)34)24(15-11-14-23-12-7-6-8-13-23)27(32)28-36-26-16-9-10-19-35-26/h6-8,11-14,21,24,26H,3,9-10,15-20H2,1-2,4-5H3,(H,28,32)/t24?,26-/m0/s1. The minimum Gasteiger partial charge on any atom is -0.350 e. The summed E-state index contributed by atoms with van der Waals surface area (Å²) in [5.41, 5.74) is 3.86. The Kier molecular flexibility index (Phi) is 12.5. The molecule has 2 atom stereocenters. The molecule has 9 nitrogen and oxygen atoms in total. The summed E-state index contributed by atoms with van der Waals surface area (Å²) in [6, 6.07) is 8.31. The van der Waals surface area contributed by atoms with Crippen molar-refractivity contribution in [1.29, 1.82) is 0 Å². The fraction of sp³-hybridized carbons (Fsp3) is 0.556. The van der Waals surface area contributed by atoms with E-state index in [4.69, 9.17) is 9.57 Å². The molecule has 1 saturated heterocycles. The number of benzene rings is 1. The Morgan fingerprint density at radius 3 is 2.51 bits per heavy atom. The van der Waals surface area contributed by atoms with Crippen molar-refractivity contribution in [2.45, 2.75) is 71.6 Å². The summed E-state index contributed by atoms with van der Waals surface area (Å²) >= 11 is 0. The lowest BCUT2D eigenvalue weighted by atomic mass is 10.1. The maximum absolute atomic E-state index is 13.5. The predicted octanol–water partition coefficient (Wildman–Crippen LogP) is 4.05. The molecule has 1 unspecified atom stereocenters. The van der Waals surface area contributed by atoms with Crippen molar-refractivity contribution < 1.29 is 27.6 Å². The first-order valence-electron chi connectivity index (χ1n) is 12.7. The number of nitrogens with zero attached hydrogens (tertiary/aromatic N) is 2. The van der Waals surface area contributed by atoms with Crippen molar-refractivity contribution in [2.24, 2.45) is 5.92 Å². The van der Waals surface area contributed by atoms with Gasteiger partial charge in [0.15, 0.2) is 6.29 Å². The van der Waals surface area contributed by atoms with E-state index >= 15 is 0 Å². The van der Waals surface area contributed by atoms with Crippen LogP contribution < -0.4 is 5.48 Å². The van der Waals surface area contributed by atoms with Crippen molar-refractivity contribution in [3.63, 3.8) is 0 Å². The highest BCUT2D eigenvalue weighted by molar-refractivity contribution is 7.88. The highest BCUT2D eigenvalue weighted by Crippen LogP contribution is 2.20. The van der Waals surface area contributed by atoms with E-state index in [1.165, 1.54) is 0 Å². The second kappa shape index (κ2) is 15.0. The lowest BCUT2D eigenvalue weighted by Gasteiger charge is -2.38. The van der Waals surface area contributed by atoms with Crippen molar-refractivity contribution >= 4 is 27.9 Å². The first kappa shape index (κ1) is 30.7. The number of carbonyl (C=O) groups excluding carboxylic acids is 2. The smallest absolute Gasteiger partial charge is 0.268 e. The van der Waals surface area contributed by atoms with Gasteiger partial charge < -0.3 is 4.74 Å². The first-order valence-corrected chi connectivity index (χ1v) is 14.6. The van der Waals surface area contributed by atoms with Crippen LogP contribution in [0.1, 0.15) is 64.9 Å². The number of amides is 2. The van der Waals surface area contributed by atoms with Crippen LogP contribution in [-0.2, 0) is 29.2 Å².